The van der Waals surface area contributed by atoms with Crippen LogP contribution >= 0.6 is 31.9 Å². The normalized spacial score (nSPS) is 20.7. The second-order valence-corrected chi connectivity index (χ2v) is 2.96. The van der Waals surface area contributed by atoms with Gasteiger partial charge in [-0.2, -0.15) is 0 Å². The summed E-state index contributed by atoms with van der Waals surface area (Å²) in [6.45, 7) is -2.47. The first kappa shape index (κ1) is 2.67. The van der Waals surface area contributed by atoms with E-state index < -0.39 is 18.9 Å². The van der Waals surface area contributed by atoms with E-state index in [1.54, 1.807) is 0 Å². The summed E-state index contributed by atoms with van der Waals surface area (Å²) < 4.78 is 44.4. The van der Waals surface area contributed by atoms with Gasteiger partial charge in [-0.05, 0) is 50.3 Å². The number of benzene rings is 1. The van der Waals surface area contributed by atoms with E-state index in [2.05, 4.69) is 31.9 Å². The molecule has 0 spiro atoms. The van der Waals surface area contributed by atoms with Crippen LogP contribution in [-0.2, 0) is 0 Å². The summed E-state index contributed by atoms with van der Waals surface area (Å²) in [6, 6.07) is -1.02. The average Bonchev–Trinajstić information content (AvgIpc) is 2.09. The van der Waals surface area contributed by atoms with E-state index in [-0.39, 0.29) is 20.6 Å². The highest BCUT2D eigenvalue weighted by Crippen LogP contribution is 2.25. The second-order valence-electron chi connectivity index (χ2n) is 1.38. The molecule has 1 aromatic carbocycles. The van der Waals surface area contributed by atoms with Gasteiger partial charge in [0.2, 0.25) is 0 Å². The van der Waals surface area contributed by atoms with Crippen LogP contribution in [-0.4, -0.2) is 0 Å². The van der Waals surface area contributed by atoms with E-state index >= 15 is 0 Å². The van der Waals surface area contributed by atoms with Gasteiger partial charge in [0.15, 0.2) is 0 Å². The van der Waals surface area contributed by atoms with Crippen molar-refractivity contribution in [3.63, 3.8) is 0 Å². The molecule has 0 amide bonds. The lowest BCUT2D eigenvalue weighted by molar-refractivity contribution is 1.41. The minimum Gasteiger partial charge on any atom is -0.0608 e. The zero-order valence-corrected chi connectivity index (χ0v) is 7.43. The highest BCUT2D eigenvalue weighted by molar-refractivity contribution is 9.13. The third kappa shape index (κ3) is 1.55. The zero-order valence-electron chi connectivity index (χ0n) is 10.3. The van der Waals surface area contributed by atoms with Crippen LogP contribution in [0.15, 0.2) is 27.1 Å². The Morgan fingerprint density at radius 2 is 2.33 bits per heavy atom. The van der Waals surface area contributed by atoms with Gasteiger partial charge >= 0.3 is 0 Å². The first-order valence-corrected chi connectivity index (χ1v) is 3.71. The summed E-state index contributed by atoms with van der Waals surface area (Å²) in [4.78, 5) is 0. The summed E-state index contributed by atoms with van der Waals surface area (Å²) in [5.41, 5.74) is -0.240. The smallest absolute Gasteiger partial charge is 0.0608 e. The molecule has 1 aromatic rings. The molecule has 0 bridgehead atoms. The van der Waals surface area contributed by atoms with E-state index in [4.69, 9.17) is 8.22 Å². The fourth-order valence-electron chi connectivity index (χ4n) is 0.368. The van der Waals surface area contributed by atoms with E-state index in [0.29, 0.717) is 0 Å². The van der Waals surface area contributed by atoms with Crippen LogP contribution < -0.4 is 0 Å². The van der Waals surface area contributed by atoms with Crippen LogP contribution in [0, 0.1) is 6.85 Å². The van der Waals surface area contributed by atoms with Crippen LogP contribution in [0.4, 0.5) is 0 Å². The molecule has 0 aliphatic heterocycles. The molecule has 0 unspecified atom stereocenters. The predicted molar refractivity (Wildman–Crippen MR) is 46.6 cm³/mol. The molecule has 0 aliphatic rings. The van der Waals surface area contributed by atoms with Crippen molar-refractivity contribution in [3.05, 3.63) is 32.6 Å². The fourth-order valence-corrected chi connectivity index (χ4v) is 0.864. The molecule has 0 atom stereocenters. The molecule has 9 heavy (non-hydrogen) atoms. The Bertz CT molecular complexity index is 382. The third-order valence-electron chi connectivity index (χ3n) is 0.772. The largest absolute Gasteiger partial charge is 0.0635 e. The number of hydrogen-bond donors (Lipinski definition) is 0. The summed E-state index contributed by atoms with van der Waals surface area (Å²) >= 11 is 6.04. The van der Waals surface area contributed by atoms with Crippen molar-refractivity contribution in [2.45, 2.75) is 6.85 Å². The van der Waals surface area contributed by atoms with Crippen molar-refractivity contribution < 1.29 is 8.22 Å². The van der Waals surface area contributed by atoms with E-state index in [1.165, 1.54) is 0 Å². The van der Waals surface area contributed by atoms with Gasteiger partial charge in [-0.3, -0.25) is 0 Å². The second kappa shape index (κ2) is 2.84. The molecule has 1 rings (SSSR count). The number of halogens is 2. The molecule has 48 valence electrons. The van der Waals surface area contributed by atoms with Crippen LogP contribution in [0.25, 0.3) is 0 Å². The minimum absolute atomic E-state index is 0.147. The summed E-state index contributed by atoms with van der Waals surface area (Å²) in [5, 5.41) is 0. The summed E-state index contributed by atoms with van der Waals surface area (Å²) in [7, 11) is 0. The van der Waals surface area contributed by atoms with Gasteiger partial charge in [-0.25, -0.2) is 0 Å². The molecule has 0 radical (unpaired) electrons. The molecule has 0 heterocycles. The predicted octanol–water partition coefficient (Wildman–Crippen LogP) is 3.52. The molecule has 0 saturated carbocycles. The maximum atomic E-state index is 7.51. The summed E-state index contributed by atoms with van der Waals surface area (Å²) in [5.74, 6) is 0. The molecule has 0 nitrogen and oxygen atoms in total. The fraction of sp³-hybridized carbons (Fsp3) is 0.143. The van der Waals surface area contributed by atoms with Gasteiger partial charge in [-0.15, -0.1) is 0 Å². The SMILES string of the molecule is [2H]c1c([2H])c(Br)c(Br)c(C([2H])([2H])[2H])c1[2H]. The van der Waals surface area contributed by atoms with Gasteiger partial charge in [0.05, 0.1) is 4.11 Å². The van der Waals surface area contributed by atoms with Gasteiger partial charge < -0.3 is 0 Å². The standard InChI is InChI=1S/C7H6Br2/c1-5-3-2-4-6(8)7(5)9/h2-4H,1H3/i1D3,2D,3D,4D. The Kier molecular flexibility index (Phi) is 0.842. The Morgan fingerprint density at radius 1 is 1.56 bits per heavy atom. The van der Waals surface area contributed by atoms with E-state index in [0.717, 1.165) is 0 Å². The lowest BCUT2D eigenvalue weighted by Crippen LogP contribution is -1.73. The van der Waals surface area contributed by atoms with Gasteiger partial charge in [0.25, 0.3) is 0 Å². The molecule has 0 aliphatic carbocycles. The Balaban J connectivity index is 3.68. The number of hydrogen-bond acceptors (Lipinski definition) is 0. The number of rotatable bonds is 0. The zero-order chi connectivity index (χ0) is 12.0. The Morgan fingerprint density at radius 3 is 3.00 bits per heavy atom. The Hall–Kier alpha value is 0.180. The van der Waals surface area contributed by atoms with E-state index in [9.17, 15) is 0 Å². The first-order valence-electron chi connectivity index (χ1n) is 5.13. The molecule has 2 heteroatoms. The molecule has 0 N–H and O–H groups in total. The minimum atomic E-state index is -2.47. The van der Waals surface area contributed by atoms with Crippen LogP contribution in [0.3, 0.4) is 0 Å². The van der Waals surface area contributed by atoms with Crippen LogP contribution in [0.5, 0.6) is 0 Å². The monoisotopic (exact) mass is 254 g/mol. The van der Waals surface area contributed by atoms with Crippen molar-refractivity contribution in [2.24, 2.45) is 0 Å². The molecular formula is C7H6Br2. The highest BCUT2D eigenvalue weighted by Gasteiger charge is 1.95. The Labute approximate surface area is 80.0 Å². The van der Waals surface area contributed by atoms with Gasteiger partial charge in [-0.1, -0.05) is 12.1 Å². The highest BCUT2D eigenvalue weighted by atomic mass is 79.9. The van der Waals surface area contributed by atoms with Crippen molar-refractivity contribution in [1.82, 2.24) is 0 Å². The topological polar surface area (TPSA) is 0 Å². The van der Waals surface area contributed by atoms with Crippen LogP contribution in [0.2, 0.25) is 0 Å². The third-order valence-corrected chi connectivity index (χ3v) is 2.69. The lowest BCUT2D eigenvalue weighted by Gasteiger charge is -1.97. The molecule has 0 fully saturated rings. The maximum Gasteiger partial charge on any atom is 0.0635 e. The lowest BCUT2D eigenvalue weighted by atomic mass is 10.2. The molecule has 0 aromatic heterocycles. The van der Waals surface area contributed by atoms with Crippen molar-refractivity contribution in [1.29, 1.82) is 0 Å². The molecular weight excluding hydrogens is 244 g/mol. The first-order chi connectivity index (χ1) is 6.68. The van der Waals surface area contributed by atoms with Gasteiger partial charge in [0.1, 0.15) is 0 Å². The van der Waals surface area contributed by atoms with Crippen molar-refractivity contribution >= 4 is 31.9 Å². The average molecular weight is 256 g/mol. The van der Waals surface area contributed by atoms with Gasteiger partial charge in [0, 0.05) is 13.1 Å². The van der Waals surface area contributed by atoms with Crippen molar-refractivity contribution in [3.8, 4) is 0 Å². The quantitative estimate of drug-likeness (QED) is 0.666. The molecule has 0 saturated heterocycles. The van der Waals surface area contributed by atoms with Crippen molar-refractivity contribution in [2.75, 3.05) is 0 Å². The van der Waals surface area contributed by atoms with E-state index in [1.807, 2.05) is 0 Å². The van der Waals surface area contributed by atoms with Crippen LogP contribution in [0.1, 0.15) is 13.8 Å². The maximum absolute atomic E-state index is 7.51. The summed E-state index contributed by atoms with van der Waals surface area (Å²) in [6.07, 6.45) is 0.